The summed E-state index contributed by atoms with van der Waals surface area (Å²) in [5.74, 6) is -2.17. The Bertz CT molecular complexity index is 786. The Hall–Kier alpha value is -1.19. The number of halogens is 2. The van der Waals surface area contributed by atoms with Crippen LogP contribution in [0, 0.1) is 9.49 Å². The van der Waals surface area contributed by atoms with Gasteiger partial charge >= 0.3 is 5.97 Å². The predicted molar refractivity (Wildman–Crippen MR) is 87.2 cm³/mol. The highest BCUT2D eigenvalue weighted by Gasteiger charge is 2.51. The van der Waals surface area contributed by atoms with Crippen LogP contribution in [0.25, 0.3) is 5.65 Å². The van der Waals surface area contributed by atoms with Crippen molar-refractivity contribution < 1.29 is 19.8 Å². The number of aromatic nitrogens is 2. The van der Waals surface area contributed by atoms with E-state index in [1.807, 2.05) is 22.6 Å². The van der Waals surface area contributed by atoms with Crippen LogP contribution in [0.1, 0.15) is 29.8 Å². The van der Waals surface area contributed by atoms with E-state index in [9.17, 15) is 19.8 Å². The van der Waals surface area contributed by atoms with E-state index in [4.69, 9.17) is 11.6 Å². The van der Waals surface area contributed by atoms with Gasteiger partial charge in [0.1, 0.15) is 5.69 Å². The first-order valence-electron chi connectivity index (χ1n) is 6.64. The quantitative estimate of drug-likeness (QED) is 0.557. The molecule has 6 nitrogen and oxygen atoms in total. The summed E-state index contributed by atoms with van der Waals surface area (Å²) in [5, 5.41) is 20.1. The summed E-state index contributed by atoms with van der Waals surface area (Å²) in [7, 11) is 0. The van der Waals surface area contributed by atoms with E-state index in [1.165, 1.54) is 6.20 Å². The average Bonchev–Trinajstić information content (AvgIpc) is 3.22. The number of carbonyl (C=O) groups is 2. The minimum absolute atomic E-state index is 0.241. The monoisotopic (exact) mass is 434 g/mol. The molecule has 2 heterocycles. The molecule has 0 aromatic carbocycles. The molecule has 1 saturated carbocycles. The first kappa shape index (κ1) is 15.7. The molecule has 1 unspecified atom stereocenters. The number of hydrogen-bond acceptors (Lipinski definition) is 4. The van der Waals surface area contributed by atoms with E-state index in [-0.39, 0.29) is 11.6 Å². The summed E-state index contributed by atoms with van der Waals surface area (Å²) in [6.07, 6.45) is 3.77. The fourth-order valence-electron chi connectivity index (χ4n) is 2.49. The second-order valence-corrected chi connectivity index (χ2v) is 6.90. The Morgan fingerprint density at radius 2 is 2.18 bits per heavy atom. The van der Waals surface area contributed by atoms with E-state index < -0.39 is 23.8 Å². The zero-order valence-electron chi connectivity index (χ0n) is 11.3. The van der Waals surface area contributed by atoms with Crippen LogP contribution in [0.4, 0.5) is 0 Å². The van der Waals surface area contributed by atoms with E-state index in [0.717, 1.165) is 0 Å². The van der Waals surface area contributed by atoms with E-state index in [0.29, 0.717) is 27.1 Å². The first-order valence-corrected chi connectivity index (χ1v) is 8.10. The first-order chi connectivity index (χ1) is 10.3. The maximum Gasteiger partial charge on any atom is 0.336 e. The van der Waals surface area contributed by atoms with Crippen LogP contribution in [-0.4, -0.2) is 37.0 Å². The number of rotatable bonds is 5. The van der Waals surface area contributed by atoms with Gasteiger partial charge in [-0.25, -0.2) is 9.78 Å². The number of nitrogens with zero attached hydrogens (tertiary/aromatic N) is 2. The standard InChI is InChI=1S/C14H12ClIN2O4/c15-8-3-4-18-9(6-17-12(18)11(8)16)10(19)5-14(22,13(20)21)7-1-2-7/h3-4,6-7,22H,1-2,5H2,(H,20,21). The molecular weight excluding hydrogens is 423 g/mol. The number of imidazole rings is 1. The molecule has 3 rings (SSSR count). The minimum atomic E-state index is -2.00. The Labute approximate surface area is 144 Å². The van der Waals surface area contributed by atoms with Gasteiger partial charge in [-0.05, 0) is 47.4 Å². The second kappa shape index (κ2) is 5.47. The number of carboxylic acids is 1. The third-order valence-electron chi connectivity index (χ3n) is 3.91. The Morgan fingerprint density at radius 1 is 1.50 bits per heavy atom. The third-order valence-corrected chi connectivity index (χ3v) is 5.61. The van der Waals surface area contributed by atoms with Gasteiger partial charge in [0.25, 0.3) is 0 Å². The van der Waals surface area contributed by atoms with Crippen LogP contribution in [0.5, 0.6) is 0 Å². The molecule has 22 heavy (non-hydrogen) atoms. The topological polar surface area (TPSA) is 91.9 Å². The molecule has 0 spiro atoms. The number of aliphatic hydroxyl groups is 1. The molecule has 0 saturated heterocycles. The lowest BCUT2D eigenvalue weighted by Crippen LogP contribution is -2.43. The van der Waals surface area contributed by atoms with Crippen molar-refractivity contribution in [2.75, 3.05) is 0 Å². The zero-order valence-corrected chi connectivity index (χ0v) is 14.2. The van der Waals surface area contributed by atoms with Crippen molar-refractivity contribution in [2.24, 2.45) is 5.92 Å². The van der Waals surface area contributed by atoms with Crippen LogP contribution in [0.2, 0.25) is 5.02 Å². The van der Waals surface area contributed by atoms with Gasteiger partial charge in [0, 0.05) is 6.20 Å². The number of Topliss-reactive ketones (excluding diaryl/α,β-unsaturated/α-hetero) is 1. The molecule has 2 N–H and O–H groups in total. The number of carbonyl (C=O) groups excluding carboxylic acids is 1. The fourth-order valence-corrected chi connectivity index (χ4v) is 3.21. The van der Waals surface area contributed by atoms with E-state index in [2.05, 4.69) is 4.98 Å². The summed E-state index contributed by atoms with van der Waals surface area (Å²) in [4.78, 5) is 27.9. The van der Waals surface area contributed by atoms with Gasteiger partial charge in [0.2, 0.25) is 0 Å². The van der Waals surface area contributed by atoms with Crippen molar-refractivity contribution in [3.63, 3.8) is 0 Å². The molecule has 1 aliphatic rings. The lowest BCUT2D eigenvalue weighted by molar-refractivity contribution is -0.160. The van der Waals surface area contributed by atoms with Crippen LogP contribution in [0.15, 0.2) is 18.5 Å². The van der Waals surface area contributed by atoms with Gasteiger partial charge in [-0.15, -0.1) is 0 Å². The number of carboxylic acid groups (broad SMARTS) is 1. The van der Waals surface area contributed by atoms with Gasteiger partial charge in [-0.1, -0.05) is 11.6 Å². The maximum absolute atomic E-state index is 12.4. The van der Waals surface area contributed by atoms with Crippen molar-refractivity contribution in [1.82, 2.24) is 9.38 Å². The van der Waals surface area contributed by atoms with Crippen LogP contribution in [0.3, 0.4) is 0 Å². The predicted octanol–water partition coefficient (Wildman–Crippen LogP) is 2.39. The molecule has 2 aromatic heterocycles. The summed E-state index contributed by atoms with van der Waals surface area (Å²) < 4.78 is 2.27. The number of aliphatic carboxylic acids is 1. The normalized spacial score (nSPS) is 17.4. The van der Waals surface area contributed by atoms with Crippen LogP contribution in [-0.2, 0) is 4.79 Å². The van der Waals surface area contributed by atoms with Gasteiger partial charge in [0.05, 0.1) is 21.2 Å². The molecule has 0 radical (unpaired) electrons. The van der Waals surface area contributed by atoms with Crippen molar-refractivity contribution in [1.29, 1.82) is 0 Å². The van der Waals surface area contributed by atoms with Crippen LogP contribution < -0.4 is 0 Å². The number of pyridine rings is 1. The number of fused-ring (bicyclic) bond motifs is 1. The molecule has 8 heteroatoms. The molecule has 1 fully saturated rings. The molecule has 1 aliphatic carbocycles. The van der Waals surface area contributed by atoms with E-state index in [1.54, 1.807) is 16.7 Å². The average molecular weight is 435 g/mol. The summed E-state index contributed by atoms with van der Waals surface area (Å²) in [6.45, 7) is 0. The third kappa shape index (κ3) is 2.50. The van der Waals surface area contributed by atoms with Gasteiger partial charge in [0.15, 0.2) is 17.0 Å². The molecule has 0 bridgehead atoms. The summed E-state index contributed by atoms with van der Waals surface area (Å²) in [5.41, 5.74) is -1.23. The van der Waals surface area contributed by atoms with Gasteiger partial charge in [-0.3, -0.25) is 9.20 Å². The Kier molecular flexibility index (Phi) is 3.90. The van der Waals surface area contributed by atoms with Crippen molar-refractivity contribution in [3.8, 4) is 0 Å². The summed E-state index contributed by atoms with van der Waals surface area (Å²) in [6, 6.07) is 1.64. The molecular formula is C14H12ClIN2O4. The van der Waals surface area contributed by atoms with Crippen molar-refractivity contribution in [2.45, 2.75) is 24.9 Å². The maximum atomic E-state index is 12.4. The Balaban J connectivity index is 1.96. The summed E-state index contributed by atoms with van der Waals surface area (Å²) >= 11 is 8.04. The number of hydrogen-bond donors (Lipinski definition) is 2. The SMILES string of the molecule is O=C(CC(O)(C(=O)O)C1CC1)c1cnc2c(I)c(Cl)ccn12. The largest absolute Gasteiger partial charge is 0.479 e. The lowest BCUT2D eigenvalue weighted by Gasteiger charge is -2.22. The highest BCUT2D eigenvalue weighted by atomic mass is 127. The minimum Gasteiger partial charge on any atom is -0.479 e. The van der Waals surface area contributed by atoms with E-state index >= 15 is 0 Å². The molecule has 0 amide bonds. The second-order valence-electron chi connectivity index (χ2n) is 5.42. The molecule has 116 valence electrons. The van der Waals surface area contributed by atoms with Gasteiger partial charge in [-0.2, -0.15) is 0 Å². The number of ketones is 1. The zero-order chi connectivity index (χ0) is 16.1. The highest BCUT2D eigenvalue weighted by molar-refractivity contribution is 14.1. The van der Waals surface area contributed by atoms with Gasteiger partial charge < -0.3 is 10.2 Å². The molecule has 0 aliphatic heterocycles. The lowest BCUT2D eigenvalue weighted by atomic mass is 9.91. The fraction of sp³-hybridized carbons (Fsp3) is 0.357. The smallest absolute Gasteiger partial charge is 0.336 e. The highest BCUT2D eigenvalue weighted by Crippen LogP contribution is 2.42. The molecule has 1 atom stereocenters. The molecule has 2 aromatic rings. The Morgan fingerprint density at radius 3 is 2.77 bits per heavy atom. The van der Waals surface area contributed by atoms with Crippen molar-refractivity contribution in [3.05, 3.63) is 32.7 Å². The van der Waals surface area contributed by atoms with Crippen LogP contribution >= 0.6 is 34.2 Å². The van der Waals surface area contributed by atoms with Crippen molar-refractivity contribution >= 4 is 51.6 Å².